The Morgan fingerprint density at radius 3 is 2.50 bits per heavy atom. The summed E-state index contributed by atoms with van der Waals surface area (Å²) in [7, 11) is -3.46. The molecule has 4 rings (SSSR count). The van der Waals surface area contributed by atoms with Gasteiger partial charge in [-0.05, 0) is 38.8 Å². The summed E-state index contributed by atoms with van der Waals surface area (Å²) >= 11 is 0. The molecule has 1 aromatic rings. The molecule has 2 aliphatic heterocycles. The van der Waals surface area contributed by atoms with Crippen LogP contribution in [-0.2, 0) is 14.8 Å². The largest absolute Gasteiger partial charge is 0.448 e. The highest BCUT2D eigenvalue weighted by atomic mass is 32.2. The molecule has 1 saturated carbocycles. The lowest BCUT2D eigenvalue weighted by Gasteiger charge is -2.34. The van der Waals surface area contributed by atoms with Gasteiger partial charge in [0, 0.05) is 44.2 Å². The Morgan fingerprint density at radius 2 is 1.80 bits per heavy atom. The van der Waals surface area contributed by atoms with E-state index in [1.807, 2.05) is 13.8 Å². The lowest BCUT2D eigenvalue weighted by atomic mass is 10.2. The third-order valence-corrected chi connectivity index (χ3v) is 7.39. The van der Waals surface area contributed by atoms with Crippen LogP contribution in [0.5, 0.6) is 11.5 Å². The van der Waals surface area contributed by atoms with Crippen LogP contribution in [0, 0.1) is 0 Å². The minimum Gasteiger partial charge on any atom is -0.448 e. The van der Waals surface area contributed by atoms with Gasteiger partial charge >= 0.3 is 6.03 Å². The Labute approximate surface area is 177 Å². The molecule has 30 heavy (non-hydrogen) atoms. The number of nitrogens with one attached hydrogen (secondary N) is 2. The number of anilines is 1. The van der Waals surface area contributed by atoms with E-state index in [-0.39, 0.29) is 24.5 Å². The lowest BCUT2D eigenvalue weighted by Crippen LogP contribution is -2.49. The molecular formula is C20H29N3O6S. The molecule has 0 radical (unpaired) electrons. The van der Waals surface area contributed by atoms with E-state index in [1.54, 1.807) is 18.2 Å². The number of urea groups is 1. The van der Waals surface area contributed by atoms with Gasteiger partial charge in [-0.1, -0.05) is 0 Å². The minimum absolute atomic E-state index is 0.0158. The number of sulfonamides is 1. The van der Waals surface area contributed by atoms with Crippen LogP contribution in [-0.4, -0.2) is 62.1 Å². The molecular weight excluding hydrogens is 410 g/mol. The third kappa shape index (κ3) is 4.65. The smallest absolute Gasteiger partial charge is 0.319 e. The van der Waals surface area contributed by atoms with Crippen molar-refractivity contribution in [3.05, 3.63) is 18.2 Å². The van der Waals surface area contributed by atoms with Gasteiger partial charge in [-0.15, -0.1) is 0 Å². The monoisotopic (exact) mass is 439 g/mol. The molecule has 0 aromatic heterocycles. The first kappa shape index (κ1) is 21.2. The number of benzene rings is 1. The fourth-order valence-electron chi connectivity index (χ4n) is 4.25. The molecule has 9 nitrogen and oxygen atoms in total. The number of carbonyl (C=O) groups is 1. The van der Waals surface area contributed by atoms with Crippen molar-refractivity contribution in [3.63, 3.8) is 0 Å². The van der Waals surface area contributed by atoms with Gasteiger partial charge in [0.05, 0.1) is 18.0 Å². The van der Waals surface area contributed by atoms with Crippen LogP contribution in [0.3, 0.4) is 0 Å². The fourth-order valence-corrected chi connectivity index (χ4v) is 5.74. The second-order valence-corrected chi connectivity index (χ2v) is 10.3. The molecule has 1 saturated heterocycles. The molecule has 0 unspecified atom stereocenters. The molecule has 1 aliphatic carbocycles. The summed E-state index contributed by atoms with van der Waals surface area (Å²) in [6.07, 6.45) is 3.59. The molecule has 2 amide bonds. The average molecular weight is 440 g/mol. The maximum Gasteiger partial charge on any atom is 0.319 e. The maximum absolute atomic E-state index is 12.5. The second-order valence-electron chi connectivity index (χ2n) is 8.25. The zero-order valence-electron chi connectivity index (χ0n) is 17.3. The van der Waals surface area contributed by atoms with E-state index in [0.717, 1.165) is 25.7 Å². The quantitative estimate of drug-likeness (QED) is 0.729. The average Bonchev–Trinajstić information content (AvgIpc) is 3.26. The Morgan fingerprint density at radius 1 is 1.13 bits per heavy atom. The molecule has 2 N–H and O–H groups in total. The zero-order valence-corrected chi connectivity index (χ0v) is 18.2. The number of amides is 2. The van der Waals surface area contributed by atoms with Crippen molar-refractivity contribution in [2.45, 2.75) is 57.5 Å². The standard InChI is InChI=1S/C20H29N3O6S/c1-14-12-23(13-15(2)27-14)30(25,26)10-9-21-19(24)22-16-5-6-17-18(11-16)29-20(28-17)7-3-4-8-20/h5-6,11,14-15H,3-4,7-10,12-13H2,1-2H3,(H2,21,22,24)/t14-,15-/m0/s1. The van der Waals surface area contributed by atoms with Crippen molar-refractivity contribution in [2.75, 3.05) is 30.7 Å². The van der Waals surface area contributed by atoms with Gasteiger partial charge in [-0.25, -0.2) is 13.2 Å². The lowest BCUT2D eigenvalue weighted by molar-refractivity contribution is -0.0716. The van der Waals surface area contributed by atoms with Gasteiger partial charge < -0.3 is 24.8 Å². The molecule has 2 heterocycles. The first-order chi connectivity index (χ1) is 14.2. The van der Waals surface area contributed by atoms with Crippen LogP contribution in [0.4, 0.5) is 10.5 Å². The second kappa shape index (κ2) is 8.24. The van der Waals surface area contributed by atoms with E-state index in [0.29, 0.717) is 30.3 Å². The van der Waals surface area contributed by atoms with Crippen LogP contribution in [0.1, 0.15) is 39.5 Å². The molecule has 2 fully saturated rings. The molecule has 0 bridgehead atoms. The van der Waals surface area contributed by atoms with Gasteiger partial charge in [0.2, 0.25) is 10.0 Å². The maximum atomic E-state index is 12.5. The number of hydrogen-bond acceptors (Lipinski definition) is 6. The molecule has 166 valence electrons. The van der Waals surface area contributed by atoms with E-state index >= 15 is 0 Å². The number of morpholine rings is 1. The van der Waals surface area contributed by atoms with E-state index in [2.05, 4.69) is 10.6 Å². The summed E-state index contributed by atoms with van der Waals surface area (Å²) in [6, 6.07) is 4.78. The summed E-state index contributed by atoms with van der Waals surface area (Å²) in [4.78, 5) is 12.2. The highest BCUT2D eigenvalue weighted by Crippen LogP contribution is 2.47. The van der Waals surface area contributed by atoms with Gasteiger partial charge in [-0.2, -0.15) is 4.31 Å². The summed E-state index contributed by atoms with van der Waals surface area (Å²) in [5, 5.41) is 5.32. The normalized spacial score (nSPS) is 25.4. The van der Waals surface area contributed by atoms with Crippen LogP contribution in [0.2, 0.25) is 0 Å². The Bertz CT molecular complexity index is 890. The SMILES string of the molecule is C[C@H]1CN(S(=O)(=O)CCNC(=O)Nc2ccc3c(c2)OC2(CCCC2)O3)C[C@H](C)O1. The third-order valence-electron chi connectivity index (χ3n) is 5.58. The first-order valence-electron chi connectivity index (χ1n) is 10.4. The number of rotatable bonds is 5. The van der Waals surface area contributed by atoms with E-state index in [9.17, 15) is 13.2 Å². The summed E-state index contributed by atoms with van der Waals surface area (Å²) < 4.78 is 44.0. The summed E-state index contributed by atoms with van der Waals surface area (Å²) in [6.45, 7) is 4.38. The summed E-state index contributed by atoms with van der Waals surface area (Å²) in [5.41, 5.74) is 0.559. The Balaban J connectivity index is 1.27. The van der Waals surface area contributed by atoms with Crippen molar-refractivity contribution in [1.29, 1.82) is 0 Å². The van der Waals surface area contributed by atoms with Crippen LogP contribution >= 0.6 is 0 Å². The van der Waals surface area contributed by atoms with E-state index < -0.39 is 21.8 Å². The van der Waals surface area contributed by atoms with Gasteiger partial charge in [-0.3, -0.25) is 0 Å². The number of nitrogens with zero attached hydrogens (tertiary/aromatic N) is 1. The Hall–Kier alpha value is -2.04. The number of carbonyl (C=O) groups excluding carboxylic acids is 1. The van der Waals surface area contributed by atoms with Crippen molar-refractivity contribution < 1.29 is 27.4 Å². The minimum atomic E-state index is -3.46. The molecule has 10 heteroatoms. The number of hydrogen-bond donors (Lipinski definition) is 2. The van der Waals surface area contributed by atoms with Crippen molar-refractivity contribution >= 4 is 21.7 Å². The fraction of sp³-hybridized carbons (Fsp3) is 0.650. The van der Waals surface area contributed by atoms with Crippen LogP contribution in [0.15, 0.2) is 18.2 Å². The highest BCUT2D eigenvalue weighted by Gasteiger charge is 2.44. The zero-order chi connectivity index (χ0) is 21.4. The number of fused-ring (bicyclic) bond motifs is 1. The van der Waals surface area contributed by atoms with Gasteiger partial charge in [0.25, 0.3) is 5.79 Å². The predicted molar refractivity (Wildman–Crippen MR) is 111 cm³/mol. The molecule has 1 spiro atoms. The van der Waals surface area contributed by atoms with Crippen LogP contribution in [0.25, 0.3) is 0 Å². The topological polar surface area (TPSA) is 106 Å². The van der Waals surface area contributed by atoms with Crippen LogP contribution < -0.4 is 20.1 Å². The van der Waals surface area contributed by atoms with E-state index in [4.69, 9.17) is 14.2 Å². The molecule has 1 aromatic carbocycles. The Kier molecular flexibility index (Phi) is 5.82. The van der Waals surface area contributed by atoms with Gasteiger partial charge in [0.15, 0.2) is 11.5 Å². The van der Waals surface area contributed by atoms with E-state index in [1.165, 1.54) is 4.31 Å². The van der Waals surface area contributed by atoms with Crippen molar-refractivity contribution in [3.8, 4) is 11.5 Å². The molecule has 2 atom stereocenters. The number of ether oxygens (including phenoxy) is 3. The van der Waals surface area contributed by atoms with Crippen molar-refractivity contribution in [1.82, 2.24) is 9.62 Å². The molecule has 3 aliphatic rings. The van der Waals surface area contributed by atoms with Crippen molar-refractivity contribution in [2.24, 2.45) is 0 Å². The first-order valence-corrected chi connectivity index (χ1v) is 12.1. The summed E-state index contributed by atoms with van der Waals surface area (Å²) in [5.74, 6) is 0.589. The van der Waals surface area contributed by atoms with Gasteiger partial charge in [0.1, 0.15) is 0 Å². The highest BCUT2D eigenvalue weighted by molar-refractivity contribution is 7.89. The predicted octanol–water partition coefficient (Wildman–Crippen LogP) is 2.29.